The van der Waals surface area contributed by atoms with Gasteiger partial charge in [0.2, 0.25) is 0 Å². The van der Waals surface area contributed by atoms with Gasteiger partial charge < -0.3 is 9.90 Å². The Balaban J connectivity index is 2.51. The molecule has 1 aromatic rings. The van der Waals surface area contributed by atoms with Crippen molar-refractivity contribution in [3.63, 3.8) is 0 Å². The molecule has 1 unspecified atom stereocenters. The lowest BCUT2D eigenvalue weighted by Gasteiger charge is -2.20. The molecule has 0 radical (unpaired) electrons. The van der Waals surface area contributed by atoms with Crippen molar-refractivity contribution in [2.75, 3.05) is 5.75 Å². The maximum absolute atomic E-state index is 10.7. The van der Waals surface area contributed by atoms with Gasteiger partial charge in [-0.15, -0.1) is 11.8 Å². The Labute approximate surface area is 81.0 Å². The average molecular weight is 194 g/mol. The Morgan fingerprint density at radius 1 is 1.54 bits per heavy atom. The van der Waals surface area contributed by atoms with E-state index < -0.39 is 0 Å². The number of rotatable bonds is 1. The fraction of sp³-hybridized carbons (Fsp3) is 0.300. The summed E-state index contributed by atoms with van der Waals surface area (Å²) in [4.78, 5) is 11.6. The van der Waals surface area contributed by atoms with Crippen molar-refractivity contribution in [2.45, 2.75) is 17.2 Å². The molecule has 1 aliphatic rings. The fourth-order valence-electron chi connectivity index (χ4n) is 1.58. The molecule has 1 aromatic carbocycles. The average Bonchev–Trinajstić information content (AvgIpc) is 2.18. The van der Waals surface area contributed by atoms with Crippen molar-refractivity contribution in [3.8, 4) is 5.75 Å². The molecule has 1 heterocycles. The summed E-state index contributed by atoms with van der Waals surface area (Å²) in [6.45, 7) is 0. The maximum Gasteiger partial charge on any atom is 0.129 e. The van der Waals surface area contributed by atoms with E-state index in [9.17, 15) is 9.90 Å². The summed E-state index contributed by atoms with van der Waals surface area (Å²) < 4.78 is 0. The van der Waals surface area contributed by atoms with Gasteiger partial charge in [-0.05, 0) is 23.8 Å². The number of benzene rings is 1. The van der Waals surface area contributed by atoms with Gasteiger partial charge in [-0.3, -0.25) is 0 Å². The molecule has 0 spiro atoms. The number of carbonyl (C=O) groups excluding carboxylic acids is 1. The second-order valence-electron chi connectivity index (χ2n) is 3.08. The van der Waals surface area contributed by atoms with Gasteiger partial charge in [-0.25, -0.2) is 0 Å². The van der Waals surface area contributed by atoms with Crippen molar-refractivity contribution in [1.29, 1.82) is 0 Å². The number of aldehydes is 1. The lowest BCUT2D eigenvalue weighted by molar-refractivity contribution is -0.109. The molecule has 1 atom stereocenters. The molecule has 0 fully saturated rings. The monoisotopic (exact) mass is 194 g/mol. The van der Waals surface area contributed by atoms with Crippen molar-refractivity contribution in [2.24, 2.45) is 0 Å². The third kappa shape index (κ3) is 1.44. The molecular weight excluding hydrogens is 184 g/mol. The summed E-state index contributed by atoms with van der Waals surface area (Å²) in [6.07, 6.45) is 1.85. The third-order valence-electron chi connectivity index (χ3n) is 2.26. The number of thioether (sulfide) groups is 1. The van der Waals surface area contributed by atoms with Crippen LogP contribution in [0.3, 0.4) is 0 Å². The first-order valence-corrected chi connectivity index (χ1v) is 5.21. The zero-order chi connectivity index (χ0) is 9.26. The van der Waals surface area contributed by atoms with E-state index in [0.717, 1.165) is 28.9 Å². The molecule has 0 amide bonds. The summed E-state index contributed by atoms with van der Waals surface area (Å²) >= 11 is 1.63. The first-order valence-electron chi connectivity index (χ1n) is 4.23. The normalized spacial score (nSPS) is 20.8. The minimum Gasteiger partial charge on any atom is -0.507 e. The highest BCUT2D eigenvalue weighted by molar-refractivity contribution is 7.99. The summed E-state index contributed by atoms with van der Waals surface area (Å²) in [5.41, 5.74) is 0.978. The molecule has 2 nitrogen and oxygen atoms in total. The van der Waals surface area contributed by atoms with E-state index in [4.69, 9.17) is 0 Å². The quantitative estimate of drug-likeness (QED) is 0.696. The molecule has 0 bridgehead atoms. The highest BCUT2D eigenvalue weighted by Gasteiger charge is 2.21. The van der Waals surface area contributed by atoms with Crippen molar-refractivity contribution >= 4 is 18.0 Å². The van der Waals surface area contributed by atoms with Gasteiger partial charge in [-0.1, -0.05) is 12.1 Å². The van der Waals surface area contributed by atoms with Crippen LogP contribution in [-0.2, 0) is 4.79 Å². The standard InChI is InChI=1S/C10H10O2S/c11-6-7-4-5-13-10-8(7)2-1-3-9(10)12/h1-3,6-7,12H,4-5H2. The molecule has 0 aliphatic carbocycles. The van der Waals surface area contributed by atoms with Crippen LogP contribution in [-0.4, -0.2) is 17.1 Å². The Kier molecular flexibility index (Phi) is 2.27. The van der Waals surface area contributed by atoms with E-state index in [1.807, 2.05) is 6.07 Å². The lowest BCUT2D eigenvalue weighted by atomic mass is 9.97. The summed E-state index contributed by atoms with van der Waals surface area (Å²) in [5, 5.41) is 9.53. The van der Waals surface area contributed by atoms with Crippen LogP contribution in [0.15, 0.2) is 23.1 Å². The summed E-state index contributed by atoms with van der Waals surface area (Å²) in [6, 6.07) is 5.37. The van der Waals surface area contributed by atoms with Gasteiger partial charge in [0.05, 0.1) is 4.90 Å². The predicted molar refractivity (Wildman–Crippen MR) is 52.3 cm³/mol. The molecule has 2 rings (SSSR count). The molecule has 3 heteroatoms. The minimum absolute atomic E-state index is 0.0247. The van der Waals surface area contributed by atoms with Crippen LogP contribution in [0, 0.1) is 0 Å². The summed E-state index contributed by atoms with van der Waals surface area (Å²) in [5.74, 6) is 1.19. The Morgan fingerprint density at radius 2 is 2.38 bits per heavy atom. The number of phenols is 1. The van der Waals surface area contributed by atoms with Gasteiger partial charge in [0, 0.05) is 5.92 Å². The van der Waals surface area contributed by atoms with Gasteiger partial charge in [-0.2, -0.15) is 0 Å². The second-order valence-corrected chi connectivity index (χ2v) is 4.18. The van der Waals surface area contributed by atoms with Crippen molar-refractivity contribution in [1.82, 2.24) is 0 Å². The van der Waals surface area contributed by atoms with E-state index in [1.54, 1.807) is 23.9 Å². The van der Waals surface area contributed by atoms with E-state index in [0.29, 0.717) is 5.75 Å². The van der Waals surface area contributed by atoms with Crippen LogP contribution in [0.2, 0.25) is 0 Å². The molecule has 68 valence electrons. The van der Waals surface area contributed by atoms with Gasteiger partial charge >= 0.3 is 0 Å². The maximum atomic E-state index is 10.7. The zero-order valence-corrected chi connectivity index (χ0v) is 7.88. The van der Waals surface area contributed by atoms with Crippen molar-refractivity contribution < 1.29 is 9.90 Å². The first-order chi connectivity index (χ1) is 6.33. The van der Waals surface area contributed by atoms with E-state index in [-0.39, 0.29) is 5.92 Å². The highest BCUT2D eigenvalue weighted by atomic mass is 32.2. The van der Waals surface area contributed by atoms with Gasteiger partial charge in [0.25, 0.3) is 0 Å². The molecular formula is C10H10O2S. The SMILES string of the molecule is O=CC1CCSc2c(O)cccc21. The topological polar surface area (TPSA) is 37.3 Å². The van der Waals surface area contributed by atoms with E-state index in [2.05, 4.69) is 0 Å². The van der Waals surface area contributed by atoms with E-state index in [1.165, 1.54) is 0 Å². The van der Waals surface area contributed by atoms with Crippen molar-refractivity contribution in [3.05, 3.63) is 23.8 Å². The number of aromatic hydroxyl groups is 1. The Morgan fingerprint density at radius 3 is 3.15 bits per heavy atom. The molecule has 13 heavy (non-hydrogen) atoms. The molecule has 0 aromatic heterocycles. The zero-order valence-electron chi connectivity index (χ0n) is 7.06. The number of carbonyl (C=O) groups is 1. The van der Waals surface area contributed by atoms with Gasteiger partial charge in [0.1, 0.15) is 12.0 Å². The van der Waals surface area contributed by atoms with Gasteiger partial charge in [0.15, 0.2) is 0 Å². The molecule has 0 saturated heterocycles. The smallest absolute Gasteiger partial charge is 0.129 e. The van der Waals surface area contributed by atoms with Crippen LogP contribution in [0.4, 0.5) is 0 Å². The number of phenolic OH excluding ortho intramolecular Hbond substituents is 1. The van der Waals surface area contributed by atoms with Crippen LogP contribution in [0.1, 0.15) is 17.9 Å². The minimum atomic E-state index is -0.0247. The van der Waals surface area contributed by atoms with Crippen LogP contribution < -0.4 is 0 Å². The van der Waals surface area contributed by atoms with E-state index >= 15 is 0 Å². The first kappa shape index (κ1) is 8.63. The van der Waals surface area contributed by atoms with Crippen LogP contribution >= 0.6 is 11.8 Å². The predicted octanol–water partition coefficient (Wildman–Crippen LogP) is 2.17. The Bertz CT molecular complexity index is 336. The van der Waals surface area contributed by atoms with Crippen LogP contribution in [0.5, 0.6) is 5.75 Å². The lowest BCUT2D eigenvalue weighted by Crippen LogP contribution is -2.08. The highest BCUT2D eigenvalue weighted by Crippen LogP contribution is 2.41. The fourth-order valence-corrected chi connectivity index (χ4v) is 2.75. The Hall–Kier alpha value is -0.960. The third-order valence-corrected chi connectivity index (χ3v) is 3.44. The largest absolute Gasteiger partial charge is 0.507 e. The number of hydrogen-bond acceptors (Lipinski definition) is 3. The number of hydrogen-bond donors (Lipinski definition) is 1. The molecule has 1 aliphatic heterocycles. The summed E-state index contributed by atoms with van der Waals surface area (Å²) in [7, 11) is 0. The molecule has 1 N–H and O–H groups in total. The molecule has 0 saturated carbocycles. The number of fused-ring (bicyclic) bond motifs is 1. The van der Waals surface area contributed by atoms with Crippen LogP contribution in [0.25, 0.3) is 0 Å². The second kappa shape index (κ2) is 3.42.